The van der Waals surface area contributed by atoms with E-state index in [2.05, 4.69) is 10.1 Å². The Bertz CT molecular complexity index is 1120. The summed E-state index contributed by atoms with van der Waals surface area (Å²) in [6.45, 7) is 1.67. The maximum absolute atomic E-state index is 13.7. The van der Waals surface area contributed by atoms with Crippen molar-refractivity contribution in [2.75, 3.05) is 7.11 Å². The van der Waals surface area contributed by atoms with Gasteiger partial charge in [0.05, 0.1) is 28.9 Å². The van der Waals surface area contributed by atoms with E-state index in [0.717, 1.165) is 10.6 Å². The maximum Gasteiger partial charge on any atom is 0.433 e. The lowest BCUT2D eigenvalue weighted by molar-refractivity contribution is -0.142. The van der Waals surface area contributed by atoms with Gasteiger partial charge in [-0.25, -0.2) is 9.50 Å². The number of halogens is 3. The predicted octanol–water partition coefficient (Wildman–Crippen LogP) is 5.46. The van der Waals surface area contributed by atoms with Gasteiger partial charge in [0.25, 0.3) is 0 Å². The van der Waals surface area contributed by atoms with Gasteiger partial charge in [0, 0.05) is 5.56 Å². The van der Waals surface area contributed by atoms with E-state index in [1.54, 1.807) is 48.7 Å². The molecule has 4 nitrogen and oxygen atoms in total. The van der Waals surface area contributed by atoms with Crippen molar-refractivity contribution in [3.8, 4) is 27.4 Å². The zero-order valence-corrected chi connectivity index (χ0v) is 15.2. The van der Waals surface area contributed by atoms with Gasteiger partial charge in [0.2, 0.25) is 0 Å². The smallest absolute Gasteiger partial charge is 0.433 e. The molecule has 4 aromatic rings. The van der Waals surface area contributed by atoms with Crippen LogP contribution in [-0.4, -0.2) is 21.7 Å². The summed E-state index contributed by atoms with van der Waals surface area (Å²) in [5, 5.41) is 5.94. The molecule has 0 aliphatic carbocycles. The van der Waals surface area contributed by atoms with Crippen molar-refractivity contribution in [1.82, 2.24) is 14.6 Å². The lowest BCUT2D eigenvalue weighted by atomic mass is 10.0. The van der Waals surface area contributed by atoms with Crippen LogP contribution >= 0.6 is 11.3 Å². The Morgan fingerprint density at radius 2 is 1.89 bits per heavy atom. The molecule has 8 heteroatoms. The van der Waals surface area contributed by atoms with Crippen LogP contribution in [0.5, 0.6) is 5.75 Å². The van der Waals surface area contributed by atoms with Crippen molar-refractivity contribution in [2.24, 2.45) is 0 Å². The van der Waals surface area contributed by atoms with Gasteiger partial charge < -0.3 is 4.74 Å². The second-order valence-corrected chi connectivity index (χ2v) is 6.85. The first-order chi connectivity index (χ1) is 12.9. The standard InChI is InChI=1S/C19H14F3N3OS/c1-11-17(12-6-3-4-7-14(12)26-2)18-23-13(15-8-5-9-27-15)10-16(19(20,21)22)25(18)24-11/h3-10H,1-2H3. The van der Waals surface area contributed by atoms with Gasteiger partial charge in [0.15, 0.2) is 11.3 Å². The fraction of sp³-hybridized carbons (Fsp3) is 0.158. The summed E-state index contributed by atoms with van der Waals surface area (Å²) < 4.78 is 47.4. The molecule has 0 atom stereocenters. The predicted molar refractivity (Wildman–Crippen MR) is 98.0 cm³/mol. The van der Waals surface area contributed by atoms with Crippen molar-refractivity contribution < 1.29 is 17.9 Å². The van der Waals surface area contributed by atoms with E-state index in [0.29, 0.717) is 27.4 Å². The van der Waals surface area contributed by atoms with E-state index in [9.17, 15) is 13.2 Å². The van der Waals surface area contributed by atoms with Crippen LogP contribution in [0, 0.1) is 6.92 Å². The summed E-state index contributed by atoms with van der Waals surface area (Å²) in [5.74, 6) is 0.549. The number of nitrogens with zero attached hydrogens (tertiary/aromatic N) is 3. The summed E-state index contributed by atoms with van der Waals surface area (Å²) in [7, 11) is 1.52. The van der Waals surface area contributed by atoms with Crippen LogP contribution in [0.4, 0.5) is 13.2 Å². The molecule has 27 heavy (non-hydrogen) atoms. The molecule has 0 N–H and O–H groups in total. The highest BCUT2D eigenvalue weighted by Crippen LogP contribution is 2.39. The number of benzene rings is 1. The number of thiophene rings is 1. The second-order valence-electron chi connectivity index (χ2n) is 5.90. The van der Waals surface area contributed by atoms with Gasteiger partial charge in [-0.3, -0.25) is 0 Å². The van der Waals surface area contributed by atoms with E-state index < -0.39 is 11.9 Å². The minimum atomic E-state index is -4.57. The Morgan fingerprint density at radius 1 is 1.11 bits per heavy atom. The Morgan fingerprint density at radius 3 is 2.56 bits per heavy atom. The number of hydrogen-bond donors (Lipinski definition) is 0. The van der Waals surface area contributed by atoms with Crippen LogP contribution < -0.4 is 4.74 Å². The molecule has 0 saturated heterocycles. The van der Waals surface area contributed by atoms with Crippen LogP contribution in [0.25, 0.3) is 27.3 Å². The molecule has 0 spiro atoms. The summed E-state index contributed by atoms with van der Waals surface area (Å²) in [6, 6.07) is 11.7. The Kier molecular flexibility index (Phi) is 4.15. The molecule has 0 unspecified atom stereocenters. The zero-order chi connectivity index (χ0) is 19.2. The van der Waals surface area contributed by atoms with Gasteiger partial charge in [-0.05, 0) is 30.5 Å². The summed E-state index contributed by atoms with van der Waals surface area (Å²) in [6.07, 6.45) is -4.57. The molecule has 0 bridgehead atoms. The minimum Gasteiger partial charge on any atom is -0.496 e. The zero-order valence-electron chi connectivity index (χ0n) is 14.4. The van der Waals surface area contributed by atoms with E-state index in [4.69, 9.17) is 4.74 Å². The molecule has 0 radical (unpaired) electrons. The molecule has 1 aromatic carbocycles. The first kappa shape index (κ1) is 17.5. The van der Waals surface area contributed by atoms with Gasteiger partial charge in [-0.1, -0.05) is 24.3 Å². The van der Waals surface area contributed by atoms with Crippen LogP contribution in [0.1, 0.15) is 11.4 Å². The molecule has 3 aromatic heterocycles. The van der Waals surface area contributed by atoms with Gasteiger partial charge in [-0.2, -0.15) is 18.3 Å². The number of para-hydroxylation sites is 1. The number of aryl methyl sites for hydroxylation is 1. The van der Waals surface area contributed by atoms with Crippen LogP contribution in [0.2, 0.25) is 0 Å². The first-order valence-electron chi connectivity index (χ1n) is 8.05. The van der Waals surface area contributed by atoms with E-state index in [-0.39, 0.29) is 11.3 Å². The first-order valence-corrected chi connectivity index (χ1v) is 8.93. The number of aromatic nitrogens is 3. The topological polar surface area (TPSA) is 39.4 Å². The second kappa shape index (κ2) is 6.38. The molecule has 0 saturated carbocycles. The fourth-order valence-electron chi connectivity index (χ4n) is 3.04. The third-order valence-corrected chi connectivity index (χ3v) is 5.10. The Labute approximate surface area is 156 Å². The monoisotopic (exact) mass is 389 g/mol. The van der Waals surface area contributed by atoms with Gasteiger partial charge in [-0.15, -0.1) is 11.3 Å². The fourth-order valence-corrected chi connectivity index (χ4v) is 3.73. The minimum absolute atomic E-state index is 0.148. The van der Waals surface area contributed by atoms with Crippen LogP contribution in [0.3, 0.4) is 0 Å². The SMILES string of the molecule is COc1ccccc1-c1c(C)nn2c(C(F)(F)F)cc(-c3cccs3)nc12. The molecule has 0 aliphatic heterocycles. The van der Waals surface area contributed by atoms with Gasteiger partial charge in [0.1, 0.15) is 5.75 Å². The highest BCUT2D eigenvalue weighted by molar-refractivity contribution is 7.13. The lowest BCUT2D eigenvalue weighted by Gasteiger charge is -2.11. The third-order valence-electron chi connectivity index (χ3n) is 4.20. The summed E-state index contributed by atoms with van der Waals surface area (Å²) in [5.41, 5.74) is 1.17. The van der Waals surface area contributed by atoms with E-state index in [1.807, 2.05) is 0 Å². The number of hydrogen-bond acceptors (Lipinski definition) is 4. The van der Waals surface area contributed by atoms with Crippen LogP contribution in [0.15, 0.2) is 47.8 Å². The van der Waals surface area contributed by atoms with Crippen LogP contribution in [-0.2, 0) is 6.18 Å². The molecular weight excluding hydrogens is 375 g/mol. The quantitative estimate of drug-likeness (QED) is 0.467. The van der Waals surface area contributed by atoms with Gasteiger partial charge >= 0.3 is 6.18 Å². The molecule has 0 amide bonds. The molecule has 3 heterocycles. The average Bonchev–Trinajstić information content (AvgIpc) is 3.27. The molecule has 0 fully saturated rings. The Hall–Kier alpha value is -2.87. The van der Waals surface area contributed by atoms with Crippen molar-refractivity contribution in [1.29, 1.82) is 0 Å². The van der Waals surface area contributed by atoms with E-state index >= 15 is 0 Å². The molecule has 138 valence electrons. The highest BCUT2D eigenvalue weighted by Gasteiger charge is 2.36. The van der Waals surface area contributed by atoms with E-state index in [1.165, 1.54) is 18.4 Å². The summed E-state index contributed by atoms with van der Waals surface area (Å²) in [4.78, 5) is 5.18. The number of rotatable bonds is 3. The van der Waals surface area contributed by atoms with Crippen molar-refractivity contribution >= 4 is 17.0 Å². The van der Waals surface area contributed by atoms with Crippen molar-refractivity contribution in [2.45, 2.75) is 13.1 Å². The Balaban J connectivity index is 2.10. The largest absolute Gasteiger partial charge is 0.496 e. The van der Waals surface area contributed by atoms with Crippen molar-refractivity contribution in [3.63, 3.8) is 0 Å². The highest BCUT2D eigenvalue weighted by atomic mass is 32.1. The number of methoxy groups -OCH3 is 1. The number of ether oxygens (including phenoxy) is 1. The lowest BCUT2D eigenvalue weighted by Crippen LogP contribution is -2.13. The molecular formula is C19H14F3N3OS. The normalized spacial score (nSPS) is 11.9. The van der Waals surface area contributed by atoms with Crippen molar-refractivity contribution in [3.05, 3.63) is 59.2 Å². The number of alkyl halides is 3. The molecule has 4 rings (SSSR count). The average molecular weight is 389 g/mol. The maximum atomic E-state index is 13.7. The molecule has 0 aliphatic rings. The summed E-state index contributed by atoms with van der Waals surface area (Å²) >= 11 is 1.34. The number of fused-ring (bicyclic) bond motifs is 1. The third kappa shape index (κ3) is 2.95.